The molecule has 110 valence electrons. The molecule has 0 aliphatic heterocycles. The third-order valence-electron chi connectivity index (χ3n) is 3.65. The number of aromatic nitrogens is 2. The van der Waals surface area contributed by atoms with Gasteiger partial charge in [-0.05, 0) is 35.7 Å². The molecular weight excluding hydrogens is 346 g/mol. The average molecular weight is 363 g/mol. The molecule has 1 aromatic rings. The summed E-state index contributed by atoms with van der Waals surface area (Å²) in [7, 11) is 0. The Kier molecular flexibility index (Phi) is 5.21. The highest BCUT2D eigenvalue weighted by molar-refractivity contribution is 9.10. The van der Waals surface area contributed by atoms with Crippen molar-refractivity contribution in [2.45, 2.75) is 51.1 Å². The van der Waals surface area contributed by atoms with Crippen molar-refractivity contribution in [3.63, 3.8) is 0 Å². The molecule has 1 saturated carbocycles. The summed E-state index contributed by atoms with van der Waals surface area (Å²) < 4.78 is 1.47. The lowest BCUT2D eigenvalue weighted by Crippen LogP contribution is -2.42. The first-order chi connectivity index (χ1) is 9.50. The van der Waals surface area contributed by atoms with Gasteiger partial charge in [0.2, 0.25) is 5.91 Å². The lowest BCUT2D eigenvalue weighted by molar-refractivity contribution is -0.124. The van der Waals surface area contributed by atoms with Gasteiger partial charge >= 0.3 is 0 Å². The number of halogens is 2. The second-order valence-electron chi connectivity index (χ2n) is 5.08. The quantitative estimate of drug-likeness (QED) is 0.841. The zero-order valence-electron chi connectivity index (χ0n) is 11.2. The summed E-state index contributed by atoms with van der Waals surface area (Å²) >= 11 is 8.84. The summed E-state index contributed by atoms with van der Waals surface area (Å²) in [4.78, 5) is 28.1. The van der Waals surface area contributed by atoms with E-state index in [1.165, 1.54) is 17.3 Å². The molecule has 0 spiro atoms. The lowest BCUT2D eigenvalue weighted by atomic mass is 9.95. The molecule has 1 N–H and O–H groups in total. The number of nitrogens with zero attached hydrogens (tertiary/aromatic N) is 2. The summed E-state index contributed by atoms with van der Waals surface area (Å²) in [5, 5.41) is 3.11. The van der Waals surface area contributed by atoms with Crippen LogP contribution in [-0.2, 0) is 4.79 Å². The molecule has 1 aromatic heterocycles. The Balaban J connectivity index is 2.10. The highest BCUT2D eigenvalue weighted by Crippen LogP contribution is 2.19. The molecule has 1 atom stereocenters. The SMILES string of the molecule is CC(C(=O)NC1CCCCC1)n1cnc(Cl)c(Br)c1=O. The topological polar surface area (TPSA) is 64.0 Å². The van der Waals surface area contributed by atoms with Gasteiger partial charge in [-0.25, -0.2) is 4.98 Å². The van der Waals surface area contributed by atoms with Crippen LogP contribution in [0.3, 0.4) is 0 Å². The van der Waals surface area contributed by atoms with Gasteiger partial charge in [-0.15, -0.1) is 0 Å². The number of carbonyl (C=O) groups is 1. The van der Waals surface area contributed by atoms with Crippen LogP contribution in [0.15, 0.2) is 15.6 Å². The number of amides is 1. The smallest absolute Gasteiger partial charge is 0.269 e. The van der Waals surface area contributed by atoms with Crippen molar-refractivity contribution in [1.29, 1.82) is 0 Å². The maximum atomic E-state index is 12.2. The van der Waals surface area contributed by atoms with Crippen LogP contribution in [0.4, 0.5) is 0 Å². The minimum Gasteiger partial charge on any atom is -0.352 e. The molecule has 7 heteroatoms. The van der Waals surface area contributed by atoms with E-state index in [1.807, 2.05) is 0 Å². The standard InChI is InChI=1S/C13H17BrClN3O2/c1-8(12(19)17-9-5-3-2-4-6-9)18-7-16-11(15)10(14)13(18)20/h7-9H,2-6H2,1H3,(H,17,19). The first-order valence-corrected chi connectivity index (χ1v) is 7.90. The fraction of sp³-hybridized carbons (Fsp3) is 0.615. The highest BCUT2D eigenvalue weighted by Gasteiger charge is 2.22. The zero-order chi connectivity index (χ0) is 14.7. The van der Waals surface area contributed by atoms with E-state index in [0.717, 1.165) is 25.7 Å². The molecule has 5 nitrogen and oxygen atoms in total. The summed E-state index contributed by atoms with van der Waals surface area (Å²) in [6.07, 6.45) is 6.85. The molecule has 1 aliphatic carbocycles. The van der Waals surface area contributed by atoms with Crippen LogP contribution in [0.5, 0.6) is 0 Å². The van der Waals surface area contributed by atoms with E-state index in [-0.39, 0.29) is 27.1 Å². The average Bonchev–Trinajstić information content (AvgIpc) is 2.45. The predicted molar refractivity (Wildman–Crippen MR) is 80.9 cm³/mol. The van der Waals surface area contributed by atoms with Crippen LogP contribution >= 0.6 is 27.5 Å². The molecular formula is C13H17BrClN3O2. The first kappa shape index (κ1) is 15.5. The van der Waals surface area contributed by atoms with Crippen LogP contribution in [0.2, 0.25) is 5.15 Å². The van der Waals surface area contributed by atoms with E-state index in [4.69, 9.17) is 11.6 Å². The van der Waals surface area contributed by atoms with Gasteiger partial charge in [-0.1, -0.05) is 30.9 Å². The second-order valence-corrected chi connectivity index (χ2v) is 6.23. The molecule has 0 bridgehead atoms. The fourth-order valence-electron chi connectivity index (χ4n) is 2.39. The molecule has 20 heavy (non-hydrogen) atoms. The Bertz CT molecular complexity index is 555. The Labute approximate surface area is 130 Å². The number of carbonyl (C=O) groups excluding carboxylic acids is 1. The third kappa shape index (κ3) is 3.41. The van der Waals surface area contributed by atoms with Crippen molar-refractivity contribution >= 4 is 33.4 Å². The Morgan fingerprint density at radius 3 is 2.80 bits per heavy atom. The second kappa shape index (κ2) is 6.72. The van der Waals surface area contributed by atoms with Crippen LogP contribution in [-0.4, -0.2) is 21.5 Å². The zero-order valence-corrected chi connectivity index (χ0v) is 13.6. The largest absolute Gasteiger partial charge is 0.352 e. The van der Waals surface area contributed by atoms with Crippen LogP contribution in [0.1, 0.15) is 45.1 Å². The van der Waals surface area contributed by atoms with Crippen molar-refractivity contribution in [2.24, 2.45) is 0 Å². The van der Waals surface area contributed by atoms with Gasteiger partial charge < -0.3 is 5.32 Å². The molecule has 0 aromatic carbocycles. The van der Waals surface area contributed by atoms with Crippen molar-refractivity contribution in [2.75, 3.05) is 0 Å². The first-order valence-electron chi connectivity index (χ1n) is 6.73. The Hall–Kier alpha value is -0.880. The molecule has 1 aliphatic rings. The van der Waals surface area contributed by atoms with E-state index in [0.29, 0.717) is 0 Å². The van der Waals surface area contributed by atoms with Crippen molar-refractivity contribution in [3.8, 4) is 0 Å². The third-order valence-corrected chi connectivity index (χ3v) is 4.88. The lowest BCUT2D eigenvalue weighted by Gasteiger charge is -2.25. The fourth-order valence-corrected chi connectivity index (χ4v) is 2.83. The van der Waals surface area contributed by atoms with Gasteiger partial charge in [0.25, 0.3) is 5.56 Å². The van der Waals surface area contributed by atoms with Gasteiger partial charge in [0.05, 0.1) is 6.33 Å². The van der Waals surface area contributed by atoms with Crippen molar-refractivity contribution < 1.29 is 4.79 Å². The number of rotatable bonds is 3. The van der Waals surface area contributed by atoms with Gasteiger partial charge in [-0.3, -0.25) is 14.2 Å². The van der Waals surface area contributed by atoms with Crippen LogP contribution in [0.25, 0.3) is 0 Å². The monoisotopic (exact) mass is 361 g/mol. The molecule has 1 heterocycles. The van der Waals surface area contributed by atoms with Crippen LogP contribution in [0, 0.1) is 0 Å². The highest BCUT2D eigenvalue weighted by atomic mass is 79.9. The van der Waals surface area contributed by atoms with Gasteiger partial charge in [-0.2, -0.15) is 0 Å². The van der Waals surface area contributed by atoms with Gasteiger partial charge in [0.1, 0.15) is 10.5 Å². The van der Waals surface area contributed by atoms with E-state index in [2.05, 4.69) is 26.2 Å². The minimum absolute atomic E-state index is 0.103. The number of hydrogen-bond acceptors (Lipinski definition) is 3. The minimum atomic E-state index is -0.606. The van der Waals surface area contributed by atoms with E-state index in [9.17, 15) is 9.59 Å². The summed E-state index contributed by atoms with van der Waals surface area (Å²) in [5.74, 6) is -0.157. The summed E-state index contributed by atoms with van der Waals surface area (Å²) in [5.41, 5.74) is -0.351. The summed E-state index contributed by atoms with van der Waals surface area (Å²) in [6, 6.07) is -0.386. The summed E-state index contributed by atoms with van der Waals surface area (Å²) in [6.45, 7) is 1.68. The molecule has 2 rings (SSSR count). The van der Waals surface area contributed by atoms with Gasteiger partial charge in [0, 0.05) is 6.04 Å². The normalized spacial score (nSPS) is 17.8. The molecule has 1 fully saturated rings. The molecule has 0 saturated heterocycles. The maximum absolute atomic E-state index is 12.2. The number of hydrogen-bond donors (Lipinski definition) is 1. The van der Waals surface area contributed by atoms with Gasteiger partial charge in [0.15, 0.2) is 5.15 Å². The maximum Gasteiger partial charge on any atom is 0.269 e. The predicted octanol–water partition coefficient (Wildman–Crippen LogP) is 2.67. The molecule has 0 radical (unpaired) electrons. The Morgan fingerprint density at radius 1 is 1.50 bits per heavy atom. The molecule has 1 amide bonds. The van der Waals surface area contributed by atoms with Crippen molar-refractivity contribution in [3.05, 3.63) is 26.3 Å². The molecule has 1 unspecified atom stereocenters. The van der Waals surface area contributed by atoms with Crippen LogP contribution < -0.4 is 10.9 Å². The van der Waals surface area contributed by atoms with E-state index in [1.54, 1.807) is 6.92 Å². The van der Waals surface area contributed by atoms with Crippen molar-refractivity contribution in [1.82, 2.24) is 14.9 Å². The Morgan fingerprint density at radius 2 is 2.15 bits per heavy atom. The van der Waals surface area contributed by atoms with E-state index < -0.39 is 6.04 Å². The van der Waals surface area contributed by atoms with E-state index >= 15 is 0 Å². The number of nitrogens with one attached hydrogen (secondary N) is 1.